The molecule has 25 heavy (non-hydrogen) atoms. The van der Waals surface area contributed by atoms with Crippen molar-refractivity contribution in [3.05, 3.63) is 72.3 Å². The van der Waals surface area contributed by atoms with Crippen molar-refractivity contribution in [2.45, 2.75) is 12.5 Å². The summed E-state index contributed by atoms with van der Waals surface area (Å²) < 4.78 is 6.88. The van der Waals surface area contributed by atoms with Crippen LogP contribution in [0.1, 0.15) is 22.8 Å². The van der Waals surface area contributed by atoms with Gasteiger partial charge in [0.05, 0.1) is 42.0 Å². The molecule has 0 aliphatic rings. The molecule has 2 heterocycles. The van der Waals surface area contributed by atoms with Gasteiger partial charge in [-0.2, -0.15) is 0 Å². The Morgan fingerprint density at radius 2 is 2.08 bits per heavy atom. The Morgan fingerprint density at radius 3 is 2.76 bits per heavy atom. The van der Waals surface area contributed by atoms with Crippen LogP contribution in [-0.2, 0) is 10.3 Å². The zero-order valence-corrected chi connectivity index (χ0v) is 14.1. The minimum Gasteiger partial charge on any atom is -0.382 e. The van der Waals surface area contributed by atoms with Crippen molar-refractivity contribution in [3.8, 4) is 5.69 Å². The molecule has 3 rings (SSSR count). The highest BCUT2D eigenvalue weighted by Crippen LogP contribution is 2.22. The monoisotopic (exact) mass is 337 g/mol. The summed E-state index contributed by atoms with van der Waals surface area (Å²) in [4.78, 5) is 16.9. The summed E-state index contributed by atoms with van der Waals surface area (Å²) in [7, 11) is 1.61. The number of nitrogens with zero attached hydrogens (tertiary/aromatic N) is 4. The number of benzene rings is 1. The van der Waals surface area contributed by atoms with Gasteiger partial charge in [0.15, 0.2) is 0 Å². The van der Waals surface area contributed by atoms with Gasteiger partial charge >= 0.3 is 0 Å². The van der Waals surface area contributed by atoms with E-state index in [0.717, 1.165) is 5.56 Å². The van der Waals surface area contributed by atoms with Gasteiger partial charge in [-0.25, -0.2) is 4.68 Å². The van der Waals surface area contributed by atoms with Crippen molar-refractivity contribution in [2.75, 3.05) is 13.7 Å². The highest BCUT2D eigenvalue weighted by Gasteiger charge is 2.29. The Hall–Kier alpha value is -3.06. The van der Waals surface area contributed by atoms with E-state index in [-0.39, 0.29) is 5.91 Å². The Bertz CT molecular complexity index is 836. The molecule has 1 N–H and O–H groups in total. The highest BCUT2D eigenvalue weighted by atomic mass is 16.5. The maximum atomic E-state index is 12.8. The molecule has 7 nitrogen and oxygen atoms in total. The standard InChI is InChI=1S/C18H19N5O2/c1-18(13-25-2,15-6-4-3-5-7-15)21-17(24)14-10-16(12-19-11-14)23-9-8-20-22-23/h3-12H,13H2,1-2H3,(H,21,24)/t18-/m1/s1. The smallest absolute Gasteiger partial charge is 0.253 e. The number of aromatic nitrogens is 4. The second-order valence-corrected chi connectivity index (χ2v) is 5.86. The molecule has 0 saturated carbocycles. The molecule has 1 amide bonds. The number of amides is 1. The van der Waals surface area contributed by atoms with E-state index in [1.54, 1.807) is 36.4 Å². The molecule has 0 saturated heterocycles. The quantitative estimate of drug-likeness (QED) is 0.743. The normalized spacial score (nSPS) is 13.2. The van der Waals surface area contributed by atoms with Gasteiger partial charge < -0.3 is 10.1 Å². The number of carbonyl (C=O) groups is 1. The molecule has 0 radical (unpaired) electrons. The van der Waals surface area contributed by atoms with Crippen molar-refractivity contribution in [1.29, 1.82) is 0 Å². The summed E-state index contributed by atoms with van der Waals surface area (Å²) in [5.41, 5.74) is 1.41. The van der Waals surface area contributed by atoms with E-state index in [1.165, 1.54) is 6.20 Å². The van der Waals surface area contributed by atoms with Gasteiger partial charge in [0.25, 0.3) is 5.91 Å². The molecular weight excluding hydrogens is 318 g/mol. The third kappa shape index (κ3) is 3.72. The number of methoxy groups -OCH3 is 1. The lowest BCUT2D eigenvalue weighted by atomic mass is 9.92. The zero-order valence-electron chi connectivity index (χ0n) is 14.1. The lowest BCUT2D eigenvalue weighted by Gasteiger charge is -2.30. The number of pyridine rings is 1. The van der Waals surface area contributed by atoms with Gasteiger partial charge in [0.2, 0.25) is 0 Å². The van der Waals surface area contributed by atoms with Crippen LogP contribution in [0.25, 0.3) is 5.69 Å². The topological polar surface area (TPSA) is 81.9 Å². The second-order valence-electron chi connectivity index (χ2n) is 5.86. The Kier molecular flexibility index (Phi) is 4.85. The van der Waals surface area contributed by atoms with Crippen LogP contribution < -0.4 is 5.32 Å². The molecule has 0 unspecified atom stereocenters. The summed E-state index contributed by atoms with van der Waals surface area (Å²) in [6, 6.07) is 11.4. The van der Waals surface area contributed by atoms with E-state index >= 15 is 0 Å². The maximum absolute atomic E-state index is 12.8. The molecular formula is C18H19N5O2. The van der Waals surface area contributed by atoms with Crippen LogP contribution >= 0.6 is 0 Å². The van der Waals surface area contributed by atoms with Gasteiger partial charge in [-0.05, 0) is 18.6 Å². The van der Waals surface area contributed by atoms with Gasteiger partial charge in [0.1, 0.15) is 0 Å². The van der Waals surface area contributed by atoms with Crippen molar-refractivity contribution in [3.63, 3.8) is 0 Å². The molecule has 2 aromatic heterocycles. The van der Waals surface area contributed by atoms with Crippen LogP contribution in [0.3, 0.4) is 0 Å². The fourth-order valence-electron chi connectivity index (χ4n) is 2.63. The summed E-state index contributed by atoms with van der Waals surface area (Å²) in [6.07, 6.45) is 6.40. The van der Waals surface area contributed by atoms with Crippen molar-refractivity contribution in [1.82, 2.24) is 25.3 Å². The maximum Gasteiger partial charge on any atom is 0.253 e. The first kappa shape index (κ1) is 16.8. The summed E-state index contributed by atoms with van der Waals surface area (Å²) >= 11 is 0. The molecule has 0 aliphatic carbocycles. The average molecular weight is 337 g/mol. The molecule has 0 bridgehead atoms. The first-order valence-electron chi connectivity index (χ1n) is 7.81. The minimum absolute atomic E-state index is 0.238. The summed E-state index contributed by atoms with van der Waals surface area (Å²) in [5.74, 6) is -0.238. The number of carbonyl (C=O) groups excluding carboxylic acids is 1. The Morgan fingerprint density at radius 1 is 1.28 bits per heavy atom. The zero-order chi connectivity index (χ0) is 17.7. The lowest BCUT2D eigenvalue weighted by molar-refractivity contribution is 0.0785. The lowest BCUT2D eigenvalue weighted by Crippen LogP contribution is -2.46. The number of rotatable bonds is 6. The number of hydrogen-bond donors (Lipinski definition) is 1. The van der Waals surface area contributed by atoms with Gasteiger partial charge in [-0.15, -0.1) is 5.10 Å². The largest absolute Gasteiger partial charge is 0.382 e. The van der Waals surface area contributed by atoms with E-state index < -0.39 is 5.54 Å². The third-order valence-electron chi connectivity index (χ3n) is 3.91. The predicted octanol–water partition coefficient (Wildman–Crippen LogP) is 1.95. The van der Waals surface area contributed by atoms with E-state index in [1.807, 2.05) is 37.3 Å². The Balaban J connectivity index is 1.86. The molecule has 1 aromatic carbocycles. The van der Waals surface area contributed by atoms with Gasteiger partial charge in [-0.3, -0.25) is 9.78 Å². The number of ether oxygens (including phenoxy) is 1. The number of hydrogen-bond acceptors (Lipinski definition) is 5. The second kappa shape index (κ2) is 7.23. The third-order valence-corrected chi connectivity index (χ3v) is 3.91. The van der Waals surface area contributed by atoms with E-state index in [0.29, 0.717) is 17.9 Å². The fourth-order valence-corrected chi connectivity index (χ4v) is 2.63. The average Bonchev–Trinajstić information content (AvgIpc) is 3.17. The predicted molar refractivity (Wildman–Crippen MR) is 92.3 cm³/mol. The fraction of sp³-hybridized carbons (Fsp3) is 0.222. The van der Waals surface area contributed by atoms with Crippen molar-refractivity contribution >= 4 is 5.91 Å². The van der Waals surface area contributed by atoms with E-state index in [4.69, 9.17) is 4.74 Å². The van der Waals surface area contributed by atoms with E-state index in [9.17, 15) is 4.79 Å². The molecule has 3 aromatic rings. The molecule has 7 heteroatoms. The molecule has 0 fully saturated rings. The first-order valence-corrected chi connectivity index (χ1v) is 7.81. The summed E-state index contributed by atoms with van der Waals surface area (Å²) in [5, 5.41) is 10.7. The van der Waals surface area contributed by atoms with Crippen LogP contribution in [-0.4, -0.2) is 39.6 Å². The van der Waals surface area contributed by atoms with Crippen LogP contribution in [0, 0.1) is 0 Å². The molecule has 0 spiro atoms. The van der Waals surface area contributed by atoms with Crippen molar-refractivity contribution in [2.24, 2.45) is 0 Å². The highest BCUT2D eigenvalue weighted by molar-refractivity contribution is 5.95. The van der Waals surface area contributed by atoms with Crippen LogP contribution in [0.2, 0.25) is 0 Å². The minimum atomic E-state index is -0.656. The van der Waals surface area contributed by atoms with Gasteiger partial charge in [0, 0.05) is 13.3 Å². The van der Waals surface area contributed by atoms with Crippen LogP contribution in [0.15, 0.2) is 61.2 Å². The Labute approximate surface area is 145 Å². The molecule has 0 aliphatic heterocycles. The van der Waals surface area contributed by atoms with Crippen LogP contribution in [0.5, 0.6) is 0 Å². The number of nitrogens with one attached hydrogen (secondary N) is 1. The molecule has 1 atom stereocenters. The van der Waals surface area contributed by atoms with Crippen molar-refractivity contribution < 1.29 is 9.53 Å². The first-order chi connectivity index (χ1) is 12.1. The van der Waals surface area contributed by atoms with Gasteiger partial charge in [-0.1, -0.05) is 35.5 Å². The molecule has 128 valence electrons. The SMILES string of the molecule is COC[C@@](C)(NC(=O)c1cncc(-n2ccnn2)c1)c1ccccc1. The van der Waals surface area contributed by atoms with E-state index in [2.05, 4.69) is 20.6 Å². The summed E-state index contributed by atoms with van der Waals surface area (Å²) in [6.45, 7) is 2.28. The van der Waals surface area contributed by atoms with Crippen LogP contribution in [0.4, 0.5) is 0 Å².